The number of benzene rings is 1. The largest absolute Gasteiger partial charge is 0.353 e. The van der Waals surface area contributed by atoms with Crippen LogP contribution in [-0.2, 0) is 16.0 Å². The highest BCUT2D eigenvalue weighted by molar-refractivity contribution is 6.11. The molecule has 4 rings (SSSR count). The Morgan fingerprint density at radius 1 is 0.963 bits per heavy atom. The molecule has 0 N–H and O–H groups in total. The van der Waals surface area contributed by atoms with E-state index in [1.54, 1.807) is 35.4 Å². The van der Waals surface area contributed by atoms with Crippen LogP contribution >= 0.6 is 0 Å². The highest BCUT2D eigenvalue weighted by Crippen LogP contribution is 2.20. The summed E-state index contributed by atoms with van der Waals surface area (Å²) in [7, 11) is 0. The van der Waals surface area contributed by atoms with Gasteiger partial charge in [0, 0.05) is 37.9 Å². The molecule has 2 aromatic rings. The van der Waals surface area contributed by atoms with Crippen LogP contribution in [0, 0.1) is 0 Å². The molecular weight excluding hydrogens is 344 g/mol. The van der Waals surface area contributed by atoms with Crippen LogP contribution in [0.3, 0.4) is 0 Å². The number of fused-ring (bicyclic) bond motifs is 1. The fraction of sp³-hybridized carbons (Fsp3) is 0.300. The van der Waals surface area contributed by atoms with E-state index in [0.717, 1.165) is 16.3 Å². The summed E-state index contributed by atoms with van der Waals surface area (Å²) in [6.45, 7) is 2.24. The van der Waals surface area contributed by atoms with Gasteiger partial charge >= 0.3 is 0 Å². The van der Waals surface area contributed by atoms with E-state index < -0.39 is 0 Å². The molecule has 0 saturated carbocycles. The summed E-state index contributed by atoms with van der Waals surface area (Å²) < 4.78 is 0. The molecule has 0 bridgehead atoms. The maximum Gasteiger partial charge on any atom is 0.261 e. The third-order valence-electron chi connectivity index (χ3n) is 5.03. The summed E-state index contributed by atoms with van der Waals surface area (Å²) in [5, 5.41) is 0. The highest BCUT2D eigenvalue weighted by atomic mass is 16.2. The van der Waals surface area contributed by atoms with Crippen molar-refractivity contribution in [3.63, 3.8) is 0 Å². The van der Waals surface area contributed by atoms with Crippen molar-refractivity contribution in [2.45, 2.75) is 6.42 Å². The Labute approximate surface area is 157 Å². The number of amides is 3. The molecule has 0 aliphatic carbocycles. The average Bonchev–Trinajstić information content (AvgIpc) is 2.72. The number of carbonyl (C=O) groups is 3. The molecule has 0 spiro atoms. The Kier molecular flexibility index (Phi) is 4.58. The monoisotopic (exact) mass is 364 g/mol. The van der Waals surface area contributed by atoms with Gasteiger partial charge in [-0.1, -0.05) is 24.3 Å². The van der Waals surface area contributed by atoms with E-state index in [-0.39, 0.29) is 30.7 Å². The number of hydrogen-bond acceptors (Lipinski definition) is 5. The minimum absolute atomic E-state index is 0.155. The predicted octanol–water partition coefficient (Wildman–Crippen LogP) is 0.955. The summed E-state index contributed by atoms with van der Waals surface area (Å²) in [5.74, 6) is -0.0131. The van der Waals surface area contributed by atoms with Crippen molar-refractivity contribution in [2.24, 2.45) is 0 Å². The van der Waals surface area contributed by atoms with E-state index in [9.17, 15) is 14.4 Å². The van der Waals surface area contributed by atoms with Crippen molar-refractivity contribution in [3.8, 4) is 0 Å². The number of pyridine rings is 1. The first-order valence-electron chi connectivity index (χ1n) is 9.00. The zero-order valence-corrected chi connectivity index (χ0v) is 14.9. The van der Waals surface area contributed by atoms with Gasteiger partial charge in [0.2, 0.25) is 11.8 Å². The number of piperazine rings is 1. The Hall–Kier alpha value is -3.22. The van der Waals surface area contributed by atoms with Crippen LogP contribution in [0.25, 0.3) is 0 Å². The van der Waals surface area contributed by atoms with Crippen LogP contribution in [0.15, 0.2) is 48.7 Å². The van der Waals surface area contributed by atoms with Crippen LogP contribution in [0.5, 0.6) is 0 Å². The first-order valence-corrected chi connectivity index (χ1v) is 9.00. The number of hydrogen-bond donors (Lipinski definition) is 0. The quantitative estimate of drug-likeness (QED) is 0.759. The van der Waals surface area contributed by atoms with E-state index in [2.05, 4.69) is 9.88 Å². The standard InChI is InChI=1S/C20H20N4O3/c25-18-13-15-5-1-2-6-16(15)20(27)24(18)14-19(26)23-11-9-22(10-12-23)17-7-3-4-8-21-17/h1-8H,9-14H2. The van der Waals surface area contributed by atoms with Crippen molar-refractivity contribution in [2.75, 3.05) is 37.6 Å². The third-order valence-corrected chi connectivity index (χ3v) is 5.03. The van der Waals surface area contributed by atoms with Gasteiger partial charge in [0.1, 0.15) is 12.4 Å². The maximum atomic E-state index is 12.7. The van der Waals surface area contributed by atoms with Gasteiger partial charge in [-0.3, -0.25) is 19.3 Å². The van der Waals surface area contributed by atoms with E-state index in [4.69, 9.17) is 0 Å². The van der Waals surface area contributed by atoms with Crippen molar-refractivity contribution in [1.29, 1.82) is 0 Å². The topological polar surface area (TPSA) is 73.8 Å². The molecule has 27 heavy (non-hydrogen) atoms. The summed E-state index contributed by atoms with van der Waals surface area (Å²) in [5.41, 5.74) is 1.23. The van der Waals surface area contributed by atoms with Crippen LogP contribution < -0.4 is 4.90 Å². The van der Waals surface area contributed by atoms with Crippen LogP contribution in [0.2, 0.25) is 0 Å². The molecule has 7 heteroatoms. The van der Waals surface area contributed by atoms with E-state index in [1.165, 1.54) is 0 Å². The van der Waals surface area contributed by atoms with Crippen molar-refractivity contribution in [3.05, 3.63) is 59.8 Å². The zero-order chi connectivity index (χ0) is 18.8. The molecule has 1 fully saturated rings. The first kappa shape index (κ1) is 17.2. The third kappa shape index (κ3) is 3.40. The average molecular weight is 364 g/mol. The molecule has 7 nitrogen and oxygen atoms in total. The Bertz CT molecular complexity index is 876. The lowest BCUT2D eigenvalue weighted by atomic mass is 9.98. The summed E-state index contributed by atoms with van der Waals surface area (Å²) >= 11 is 0. The summed E-state index contributed by atoms with van der Waals surface area (Å²) in [6.07, 6.45) is 1.90. The zero-order valence-electron chi connectivity index (χ0n) is 14.9. The fourth-order valence-electron chi connectivity index (χ4n) is 3.52. The molecule has 0 unspecified atom stereocenters. The first-order chi connectivity index (χ1) is 13.1. The molecule has 3 heterocycles. The van der Waals surface area contributed by atoms with Gasteiger partial charge < -0.3 is 9.80 Å². The van der Waals surface area contributed by atoms with E-state index >= 15 is 0 Å². The summed E-state index contributed by atoms with van der Waals surface area (Å²) in [6, 6.07) is 12.8. The van der Waals surface area contributed by atoms with Gasteiger partial charge in [-0.2, -0.15) is 0 Å². The molecule has 0 atom stereocenters. The van der Waals surface area contributed by atoms with E-state index in [1.807, 2.05) is 18.2 Å². The number of rotatable bonds is 3. The smallest absolute Gasteiger partial charge is 0.261 e. The van der Waals surface area contributed by atoms with Gasteiger partial charge in [-0.25, -0.2) is 4.98 Å². The van der Waals surface area contributed by atoms with Crippen molar-refractivity contribution < 1.29 is 14.4 Å². The number of imide groups is 1. The number of anilines is 1. The molecule has 3 amide bonds. The second-order valence-corrected chi connectivity index (χ2v) is 6.67. The lowest BCUT2D eigenvalue weighted by Crippen LogP contribution is -2.53. The SMILES string of the molecule is O=C(CN1C(=O)Cc2ccccc2C1=O)N1CCN(c2ccccn2)CC1. The molecule has 2 aliphatic heterocycles. The van der Waals surface area contributed by atoms with Crippen LogP contribution in [0.4, 0.5) is 5.82 Å². The predicted molar refractivity (Wildman–Crippen MR) is 99.2 cm³/mol. The molecule has 1 saturated heterocycles. The van der Waals surface area contributed by atoms with Crippen LogP contribution in [-0.4, -0.2) is 65.2 Å². The molecule has 1 aromatic heterocycles. The minimum atomic E-state index is -0.387. The van der Waals surface area contributed by atoms with E-state index in [0.29, 0.717) is 31.7 Å². The molecule has 1 aromatic carbocycles. The summed E-state index contributed by atoms with van der Waals surface area (Å²) in [4.78, 5) is 46.8. The normalized spacial score (nSPS) is 17.1. The number of aromatic nitrogens is 1. The Morgan fingerprint density at radius 2 is 1.70 bits per heavy atom. The maximum absolute atomic E-state index is 12.7. The second kappa shape index (κ2) is 7.19. The van der Waals surface area contributed by atoms with Gasteiger partial charge in [0.15, 0.2) is 0 Å². The Morgan fingerprint density at radius 3 is 2.44 bits per heavy atom. The second-order valence-electron chi connectivity index (χ2n) is 6.67. The van der Waals surface area contributed by atoms with Crippen LogP contribution in [0.1, 0.15) is 15.9 Å². The van der Waals surface area contributed by atoms with Crippen molar-refractivity contribution in [1.82, 2.24) is 14.8 Å². The highest BCUT2D eigenvalue weighted by Gasteiger charge is 2.33. The fourth-order valence-corrected chi connectivity index (χ4v) is 3.52. The number of nitrogens with zero attached hydrogens (tertiary/aromatic N) is 4. The van der Waals surface area contributed by atoms with Crippen molar-refractivity contribution >= 4 is 23.5 Å². The Balaban J connectivity index is 1.39. The molecule has 0 radical (unpaired) electrons. The molecule has 2 aliphatic rings. The van der Waals surface area contributed by atoms with Gasteiger partial charge in [-0.05, 0) is 23.8 Å². The van der Waals surface area contributed by atoms with Gasteiger partial charge in [-0.15, -0.1) is 0 Å². The number of carbonyl (C=O) groups excluding carboxylic acids is 3. The lowest BCUT2D eigenvalue weighted by molar-refractivity contribution is -0.138. The van der Waals surface area contributed by atoms with Gasteiger partial charge in [0.05, 0.1) is 6.42 Å². The lowest BCUT2D eigenvalue weighted by Gasteiger charge is -2.36. The molecule has 138 valence electrons. The minimum Gasteiger partial charge on any atom is -0.353 e. The molecular formula is C20H20N4O3. The van der Waals surface area contributed by atoms with Gasteiger partial charge in [0.25, 0.3) is 5.91 Å².